The molecule has 3 aliphatic rings. The van der Waals surface area contributed by atoms with Crippen LogP contribution in [-0.2, 0) is 35.5 Å². The first-order valence-electron chi connectivity index (χ1n) is 13.3. The number of esters is 1. The Morgan fingerprint density at radius 1 is 1.24 bits per heavy atom. The summed E-state index contributed by atoms with van der Waals surface area (Å²) in [6.45, 7) is 8.64. The van der Waals surface area contributed by atoms with E-state index in [9.17, 15) is 4.79 Å². The molecule has 0 saturated carbocycles. The van der Waals surface area contributed by atoms with E-state index in [0.29, 0.717) is 24.0 Å². The van der Waals surface area contributed by atoms with Gasteiger partial charge in [-0.15, -0.1) is 0 Å². The van der Waals surface area contributed by atoms with Crippen LogP contribution in [0.5, 0.6) is 0 Å². The normalized spacial score (nSPS) is 34.5. The zero-order valence-corrected chi connectivity index (χ0v) is 23.8. The Morgan fingerprint density at radius 2 is 1.97 bits per heavy atom. The molecule has 8 nitrogen and oxygen atoms in total. The Bertz CT molecular complexity index is 1130. The van der Waals surface area contributed by atoms with Crippen LogP contribution in [0.4, 0.5) is 0 Å². The first-order chi connectivity index (χ1) is 18.1. The number of hydrogen-bond donors (Lipinski definition) is 0. The molecule has 0 fully saturated rings. The lowest BCUT2D eigenvalue weighted by Crippen LogP contribution is -2.48. The molecule has 3 heterocycles. The Morgan fingerprint density at radius 3 is 2.58 bits per heavy atom. The van der Waals surface area contributed by atoms with Crippen LogP contribution in [0.15, 0.2) is 54.1 Å². The van der Waals surface area contributed by atoms with Gasteiger partial charge in [0.15, 0.2) is 6.29 Å². The molecule has 2 aliphatic heterocycles. The highest BCUT2D eigenvalue weighted by Crippen LogP contribution is 2.50. The Labute approximate surface area is 226 Å². The molecule has 38 heavy (non-hydrogen) atoms. The average molecular weight is 527 g/mol. The van der Waals surface area contributed by atoms with Crippen molar-refractivity contribution in [3.63, 3.8) is 0 Å². The van der Waals surface area contributed by atoms with E-state index < -0.39 is 29.8 Å². The predicted molar refractivity (Wildman–Crippen MR) is 145 cm³/mol. The first-order valence-corrected chi connectivity index (χ1v) is 13.3. The second-order valence-electron chi connectivity index (χ2n) is 11.2. The summed E-state index contributed by atoms with van der Waals surface area (Å²) < 4.78 is 32.3. The fraction of sp³-hybridized carbons (Fsp3) is 0.600. The number of rotatable bonds is 8. The van der Waals surface area contributed by atoms with Crippen LogP contribution in [0.1, 0.15) is 46.2 Å². The molecule has 0 N–H and O–H groups in total. The van der Waals surface area contributed by atoms with Gasteiger partial charge in [0.1, 0.15) is 11.7 Å². The fourth-order valence-electron chi connectivity index (χ4n) is 6.16. The number of aromatic nitrogens is 2. The van der Waals surface area contributed by atoms with Crippen molar-refractivity contribution in [3.05, 3.63) is 59.7 Å². The second kappa shape index (κ2) is 11.3. The fourth-order valence-corrected chi connectivity index (χ4v) is 6.16. The van der Waals surface area contributed by atoms with E-state index >= 15 is 0 Å². The number of hydrogen-bond acceptors (Lipinski definition) is 7. The number of carbonyl (C=O) groups is 1. The van der Waals surface area contributed by atoms with Gasteiger partial charge in [-0.2, -0.15) is 0 Å². The van der Waals surface area contributed by atoms with Gasteiger partial charge in [0.25, 0.3) is 0 Å². The largest absolute Gasteiger partial charge is 0.456 e. The van der Waals surface area contributed by atoms with Crippen LogP contribution in [-0.4, -0.2) is 60.6 Å². The quantitative estimate of drug-likeness (QED) is 0.208. The minimum atomic E-state index is -1.22. The highest BCUT2D eigenvalue weighted by molar-refractivity contribution is 5.86. The van der Waals surface area contributed by atoms with E-state index in [2.05, 4.69) is 37.9 Å². The molecular weight excluding hydrogens is 484 g/mol. The van der Waals surface area contributed by atoms with Crippen molar-refractivity contribution in [2.75, 3.05) is 21.3 Å². The van der Waals surface area contributed by atoms with Gasteiger partial charge in [-0.05, 0) is 68.6 Å². The predicted octanol–water partition coefficient (Wildman–Crippen LogP) is 4.84. The van der Waals surface area contributed by atoms with Gasteiger partial charge in [-0.3, -0.25) is 0 Å². The third-order valence-electron chi connectivity index (χ3n) is 8.36. The first kappa shape index (κ1) is 28.5. The maximum absolute atomic E-state index is 13.1. The summed E-state index contributed by atoms with van der Waals surface area (Å²) in [7, 11) is 6.73. The second-order valence-corrected chi connectivity index (χ2v) is 11.2. The van der Waals surface area contributed by atoms with Crippen molar-refractivity contribution < 1.29 is 28.5 Å². The monoisotopic (exact) mass is 526 g/mol. The van der Waals surface area contributed by atoms with Gasteiger partial charge >= 0.3 is 5.97 Å². The van der Waals surface area contributed by atoms with E-state index in [0.717, 1.165) is 12.0 Å². The molecule has 0 aromatic carbocycles. The molecule has 0 spiro atoms. The van der Waals surface area contributed by atoms with Gasteiger partial charge in [0, 0.05) is 46.2 Å². The molecule has 1 aromatic heterocycles. The lowest BCUT2D eigenvalue weighted by atomic mass is 9.65. The van der Waals surface area contributed by atoms with Crippen LogP contribution in [0.25, 0.3) is 6.08 Å². The van der Waals surface area contributed by atoms with E-state index in [1.54, 1.807) is 33.7 Å². The van der Waals surface area contributed by atoms with Crippen molar-refractivity contribution in [1.82, 2.24) is 9.55 Å². The highest BCUT2D eigenvalue weighted by atomic mass is 16.7. The molecule has 4 rings (SSSR count). The molecule has 1 aliphatic carbocycles. The minimum Gasteiger partial charge on any atom is -0.456 e. The molecule has 0 unspecified atom stereocenters. The minimum absolute atomic E-state index is 0.139. The molecule has 0 radical (unpaired) electrons. The number of ether oxygens (including phenoxy) is 5. The summed E-state index contributed by atoms with van der Waals surface area (Å²) in [5.41, 5.74) is 1.80. The van der Waals surface area contributed by atoms with Gasteiger partial charge in [0.05, 0.1) is 12.0 Å². The Kier molecular flexibility index (Phi) is 8.47. The van der Waals surface area contributed by atoms with Crippen LogP contribution >= 0.6 is 0 Å². The third kappa shape index (κ3) is 5.45. The molecule has 2 bridgehead atoms. The lowest BCUT2D eigenvalue weighted by molar-refractivity contribution is -0.238. The van der Waals surface area contributed by atoms with Crippen LogP contribution < -0.4 is 0 Å². The van der Waals surface area contributed by atoms with Crippen LogP contribution in [0, 0.1) is 23.7 Å². The van der Waals surface area contributed by atoms with Crippen LogP contribution in [0.3, 0.4) is 0 Å². The molecule has 208 valence electrons. The molecule has 8 heteroatoms. The van der Waals surface area contributed by atoms with Crippen molar-refractivity contribution in [3.8, 4) is 0 Å². The number of imidazole rings is 1. The summed E-state index contributed by atoms with van der Waals surface area (Å²) in [6, 6.07) is 0. The number of nitrogens with zero attached hydrogens (tertiary/aromatic N) is 2. The average Bonchev–Trinajstić information content (AvgIpc) is 3.48. The zero-order valence-electron chi connectivity index (χ0n) is 23.8. The smallest absolute Gasteiger partial charge is 0.331 e. The number of allylic oxidation sites excluding steroid dienone is 3. The topological polar surface area (TPSA) is 81.0 Å². The van der Waals surface area contributed by atoms with Gasteiger partial charge in [-0.1, -0.05) is 31.6 Å². The molecule has 1 aromatic rings. The summed E-state index contributed by atoms with van der Waals surface area (Å²) in [5, 5.41) is 0. The Hall–Kier alpha value is -2.52. The highest BCUT2D eigenvalue weighted by Gasteiger charge is 2.54. The zero-order chi connectivity index (χ0) is 27.7. The van der Waals surface area contributed by atoms with Crippen molar-refractivity contribution >= 4 is 12.0 Å². The molecule has 0 amide bonds. The number of carbonyl (C=O) groups excluding carboxylic acids is 1. The number of methoxy groups -OCH3 is 3. The van der Waals surface area contributed by atoms with E-state index in [-0.39, 0.29) is 11.8 Å². The molecule has 0 saturated heterocycles. The van der Waals surface area contributed by atoms with E-state index in [1.165, 1.54) is 11.6 Å². The van der Waals surface area contributed by atoms with E-state index in [1.807, 2.05) is 36.9 Å². The van der Waals surface area contributed by atoms with E-state index in [4.69, 9.17) is 23.7 Å². The third-order valence-corrected chi connectivity index (χ3v) is 8.36. The number of fused-ring (bicyclic) bond motifs is 3. The standard InChI is InChI=1S/C30H42N2O6/c1-19(2)22-11-9-20(3)23-16-26(37-27(33)12-10-21-17-32(5)18-31-21)29(4)13-14-30(36-8,38-29)25(15-24(22)23)28(34-6)35-7/h9-10,12-15,17-19,22-24,26,28H,11,16H2,1-8H3/b12-10+,25-15-/t22-,23+,24-,26+,29+,30-/m1/s1. The summed E-state index contributed by atoms with van der Waals surface area (Å²) in [4.78, 5) is 17.4. The number of aryl methyl sites for hydroxylation is 1. The van der Waals surface area contributed by atoms with Crippen molar-refractivity contribution in [1.29, 1.82) is 0 Å². The lowest BCUT2D eigenvalue weighted by Gasteiger charge is -2.41. The maximum Gasteiger partial charge on any atom is 0.331 e. The molecule has 6 atom stereocenters. The summed E-state index contributed by atoms with van der Waals surface area (Å²) >= 11 is 0. The van der Waals surface area contributed by atoms with Crippen molar-refractivity contribution in [2.45, 2.75) is 64.3 Å². The van der Waals surface area contributed by atoms with Crippen LogP contribution in [0.2, 0.25) is 0 Å². The maximum atomic E-state index is 13.1. The van der Waals surface area contributed by atoms with Gasteiger partial charge in [-0.25, -0.2) is 9.78 Å². The van der Waals surface area contributed by atoms with Crippen molar-refractivity contribution in [2.24, 2.45) is 30.7 Å². The summed E-state index contributed by atoms with van der Waals surface area (Å²) in [5.74, 6) is -0.539. The molecular formula is C30H42N2O6. The SMILES string of the molecule is COC(OC)/C1=C/[C@@H]2[C@@H](C(C)C)CC=C(C)[C@@H]2C[C@H](OC(=O)/C=C/c2cn(C)cn2)[C@]2(C)C=C[C@@]1(OC)O2. The van der Waals surface area contributed by atoms with Gasteiger partial charge in [0.2, 0.25) is 5.79 Å². The summed E-state index contributed by atoms with van der Waals surface area (Å²) in [6.07, 6.45) is 15.4. The Balaban J connectivity index is 1.77. The van der Waals surface area contributed by atoms with Gasteiger partial charge < -0.3 is 28.3 Å².